The minimum atomic E-state index is -0.259. The Labute approximate surface area is 110 Å². The summed E-state index contributed by atoms with van der Waals surface area (Å²) in [6, 6.07) is 0.0501. The Morgan fingerprint density at radius 3 is 2.44 bits per heavy atom. The number of esters is 1. The molecule has 0 heterocycles. The molecule has 106 valence electrons. The quantitative estimate of drug-likeness (QED) is 0.739. The Balaban J connectivity index is 2.41. The van der Waals surface area contributed by atoms with Crippen LogP contribution < -0.4 is 5.32 Å². The summed E-state index contributed by atoms with van der Waals surface area (Å²) in [6.07, 6.45) is 1.24. The molecule has 18 heavy (non-hydrogen) atoms. The molecule has 0 amide bonds. The maximum absolute atomic E-state index is 11.4. The first-order chi connectivity index (χ1) is 8.28. The molecule has 3 atom stereocenters. The van der Waals surface area contributed by atoms with Gasteiger partial charge in [0.1, 0.15) is 6.04 Å². The Morgan fingerprint density at radius 2 is 2.00 bits per heavy atom. The second kappa shape index (κ2) is 6.02. The van der Waals surface area contributed by atoms with E-state index in [1.165, 1.54) is 7.11 Å². The van der Waals surface area contributed by atoms with Crippen LogP contribution in [0.5, 0.6) is 0 Å². The molecule has 1 saturated carbocycles. The van der Waals surface area contributed by atoms with Crippen molar-refractivity contribution in [2.24, 2.45) is 11.3 Å². The summed E-state index contributed by atoms with van der Waals surface area (Å²) < 4.78 is 10.6. The third-order valence-corrected chi connectivity index (χ3v) is 3.81. The van der Waals surface area contributed by atoms with Crippen molar-refractivity contribution in [3.05, 3.63) is 0 Å². The number of hydrogen-bond acceptors (Lipinski definition) is 4. The number of carbonyl (C=O) groups excluding carboxylic acids is 1. The van der Waals surface area contributed by atoms with Crippen LogP contribution in [0, 0.1) is 11.3 Å². The zero-order chi connectivity index (χ0) is 13.9. The van der Waals surface area contributed by atoms with Crippen molar-refractivity contribution in [2.75, 3.05) is 13.7 Å². The third kappa shape index (κ3) is 3.45. The Hall–Kier alpha value is -0.610. The summed E-state index contributed by atoms with van der Waals surface area (Å²) in [7, 11) is 1.42. The number of rotatable bonds is 6. The standard InChI is InChI=1S/C14H27NO3/c1-9(2)8-18-12-7-11(14(12,4)5)15-10(3)13(16)17-6/h9-12,15H,7-8H2,1-6H3. The van der Waals surface area contributed by atoms with Gasteiger partial charge >= 0.3 is 5.97 Å². The second-order valence-electron chi connectivity index (χ2n) is 6.24. The maximum Gasteiger partial charge on any atom is 0.322 e. The smallest absolute Gasteiger partial charge is 0.322 e. The molecular weight excluding hydrogens is 230 g/mol. The molecule has 0 aliphatic heterocycles. The van der Waals surface area contributed by atoms with Gasteiger partial charge in [-0.05, 0) is 19.3 Å². The minimum absolute atomic E-state index is 0.0666. The number of nitrogens with one attached hydrogen (secondary N) is 1. The van der Waals surface area contributed by atoms with Crippen molar-refractivity contribution >= 4 is 5.97 Å². The first-order valence-electron chi connectivity index (χ1n) is 6.74. The molecule has 0 aromatic carbocycles. The molecule has 4 heteroatoms. The van der Waals surface area contributed by atoms with Gasteiger partial charge in [0, 0.05) is 18.1 Å². The molecule has 0 spiro atoms. The van der Waals surface area contributed by atoms with E-state index in [0.29, 0.717) is 12.0 Å². The molecule has 1 aliphatic rings. The highest BCUT2D eigenvalue weighted by Crippen LogP contribution is 2.43. The number of carbonyl (C=O) groups is 1. The summed E-state index contributed by atoms with van der Waals surface area (Å²) in [5.74, 6) is 0.346. The largest absolute Gasteiger partial charge is 0.468 e. The van der Waals surface area contributed by atoms with Crippen LogP contribution in [0.2, 0.25) is 0 Å². The highest BCUT2D eigenvalue weighted by Gasteiger charge is 2.49. The van der Waals surface area contributed by atoms with Gasteiger partial charge in [-0.1, -0.05) is 27.7 Å². The van der Waals surface area contributed by atoms with E-state index >= 15 is 0 Å². The van der Waals surface area contributed by atoms with Crippen LogP contribution in [0.15, 0.2) is 0 Å². The molecule has 1 aliphatic carbocycles. The highest BCUT2D eigenvalue weighted by atomic mass is 16.5. The molecular formula is C14H27NO3. The van der Waals surface area contributed by atoms with Crippen molar-refractivity contribution in [3.63, 3.8) is 0 Å². The fraction of sp³-hybridized carbons (Fsp3) is 0.929. The number of hydrogen-bond donors (Lipinski definition) is 1. The molecule has 0 bridgehead atoms. The summed E-state index contributed by atoms with van der Waals surface area (Å²) >= 11 is 0. The predicted molar refractivity (Wildman–Crippen MR) is 71.4 cm³/mol. The summed E-state index contributed by atoms with van der Waals surface area (Å²) in [4.78, 5) is 11.4. The molecule has 4 nitrogen and oxygen atoms in total. The van der Waals surface area contributed by atoms with E-state index in [9.17, 15) is 4.79 Å². The fourth-order valence-corrected chi connectivity index (χ4v) is 2.31. The van der Waals surface area contributed by atoms with E-state index in [1.54, 1.807) is 0 Å². The van der Waals surface area contributed by atoms with Crippen LogP contribution in [-0.4, -0.2) is 37.9 Å². The highest BCUT2D eigenvalue weighted by molar-refractivity contribution is 5.75. The van der Waals surface area contributed by atoms with E-state index in [4.69, 9.17) is 9.47 Å². The molecule has 0 aromatic heterocycles. The molecule has 1 fully saturated rings. The average Bonchev–Trinajstić information content (AvgIpc) is 2.30. The van der Waals surface area contributed by atoms with Crippen molar-refractivity contribution < 1.29 is 14.3 Å². The van der Waals surface area contributed by atoms with Gasteiger partial charge in [-0.2, -0.15) is 0 Å². The van der Waals surface area contributed by atoms with E-state index in [2.05, 4.69) is 33.0 Å². The van der Waals surface area contributed by atoms with Gasteiger partial charge in [-0.15, -0.1) is 0 Å². The first kappa shape index (κ1) is 15.4. The lowest BCUT2D eigenvalue weighted by molar-refractivity contribution is -0.148. The van der Waals surface area contributed by atoms with Gasteiger partial charge in [0.25, 0.3) is 0 Å². The van der Waals surface area contributed by atoms with E-state index < -0.39 is 0 Å². The van der Waals surface area contributed by atoms with E-state index in [0.717, 1.165) is 13.0 Å². The van der Waals surface area contributed by atoms with Crippen LogP contribution in [0.25, 0.3) is 0 Å². The van der Waals surface area contributed by atoms with Crippen LogP contribution in [0.4, 0.5) is 0 Å². The molecule has 1 rings (SSSR count). The third-order valence-electron chi connectivity index (χ3n) is 3.81. The molecule has 1 N–H and O–H groups in total. The van der Waals surface area contributed by atoms with Crippen LogP contribution in [0.3, 0.4) is 0 Å². The summed E-state index contributed by atoms with van der Waals surface area (Å²) in [6.45, 7) is 11.3. The lowest BCUT2D eigenvalue weighted by Gasteiger charge is -2.52. The van der Waals surface area contributed by atoms with Crippen molar-refractivity contribution in [1.29, 1.82) is 0 Å². The minimum Gasteiger partial charge on any atom is -0.468 e. The van der Waals surface area contributed by atoms with Crippen molar-refractivity contribution in [1.82, 2.24) is 5.32 Å². The monoisotopic (exact) mass is 257 g/mol. The number of methoxy groups -OCH3 is 1. The van der Waals surface area contributed by atoms with Crippen LogP contribution >= 0.6 is 0 Å². The van der Waals surface area contributed by atoms with Gasteiger partial charge in [0.05, 0.1) is 13.2 Å². The molecule has 0 aromatic rings. The Morgan fingerprint density at radius 1 is 1.39 bits per heavy atom. The summed E-state index contributed by atoms with van der Waals surface area (Å²) in [5.41, 5.74) is 0.0666. The zero-order valence-electron chi connectivity index (χ0n) is 12.4. The van der Waals surface area contributed by atoms with Crippen LogP contribution in [0.1, 0.15) is 41.0 Å². The molecule has 0 radical (unpaired) electrons. The zero-order valence-corrected chi connectivity index (χ0v) is 12.4. The number of ether oxygens (including phenoxy) is 2. The van der Waals surface area contributed by atoms with E-state index in [-0.39, 0.29) is 23.5 Å². The topological polar surface area (TPSA) is 47.6 Å². The van der Waals surface area contributed by atoms with Gasteiger partial charge in [0.2, 0.25) is 0 Å². The maximum atomic E-state index is 11.4. The first-order valence-corrected chi connectivity index (χ1v) is 6.74. The normalized spacial score (nSPS) is 27.7. The lowest BCUT2D eigenvalue weighted by atomic mass is 9.64. The molecule has 0 saturated heterocycles. The van der Waals surface area contributed by atoms with Crippen molar-refractivity contribution in [2.45, 2.75) is 59.2 Å². The SMILES string of the molecule is COC(=O)C(C)NC1CC(OCC(C)C)C1(C)C. The fourth-order valence-electron chi connectivity index (χ4n) is 2.31. The van der Waals surface area contributed by atoms with Gasteiger partial charge in [-0.3, -0.25) is 4.79 Å². The second-order valence-corrected chi connectivity index (χ2v) is 6.24. The van der Waals surface area contributed by atoms with E-state index in [1.807, 2.05) is 6.92 Å². The van der Waals surface area contributed by atoms with Crippen molar-refractivity contribution in [3.8, 4) is 0 Å². The molecule has 3 unspecified atom stereocenters. The predicted octanol–water partition coefficient (Wildman–Crippen LogP) is 1.98. The van der Waals surface area contributed by atoms with Crippen LogP contribution in [-0.2, 0) is 14.3 Å². The van der Waals surface area contributed by atoms with Gasteiger partial charge < -0.3 is 14.8 Å². The van der Waals surface area contributed by atoms with Gasteiger partial charge in [0.15, 0.2) is 0 Å². The van der Waals surface area contributed by atoms with Gasteiger partial charge in [-0.25, -0.2) is 0 Å². The summed E-state index contributed by atoms with van der Waals surface area (Å²) in [5, 5.41) is 3.32. The Bertz CT molecular complexity index is 289. The Kier molecular flexibility index (Phi) is 5.17. The average molecular weight is 257 g/mol. The lowest BCUT2D eigenvalue weighted by Crippen LogP contribution is -2.63.